The monoisotopic (exact) mass is 436 g/mol. The largest absolute Gasteiger partial charge is 0.497 e. The normalized spacial score (nSPS) is 11.5. The van der Waals surface area contributed by atoms with Crippen LogP contribution >= 0.6 is 0 Å². The van der Waals surface area contributed by atoms with Crippen LogP contribution in [0.1, 0.15) is 11.1 Å². The second kappa shape index (κ2) is 8.25. The van der Waals surface area contributed by atoms with Crippen LogP contribution in [-0.2, 0) is 16.6 Å². The predicted molar refractivity (Wildman–Crippen MR) is 115 cm³/mol. The summed E-state index contributed by atoms with van der Waals surface area (Å²) in [5, 5.41) is 17.5. The van der Waals surface area contributed by atoms with Crippen molar-refractivity contribution >= 4 is 10.0 Å². The smallest absolute Gasteiger partial charge is 0.238 e. The second-order valence-electron chi connectivity index (χ2n) is 6.95. The van der Waals surface area contributed by atoms with Gasteiger partial charge in [0.1, 0.15) is 5.75 Å². The van der Waals surface area contributed by atoms with Crippen molar-refractivity contribution in [2.45, 2.75) is 18.4 Å². The average molecular weight is 436 g/mol. The molecule has 158 valence electrons. The van der Waals surface area contributed by atoms with Crippen LogP contribution in [-0.4, -0.2) is 40.7 Å². The molecule has 0 spiro atoms. The summed E-state index contributed by atoms with van der Waals surface area (Å²) in [5.41, 5.74) is 3.36. The zero-order valence-electron chi connectivity index (χ0n) is 16.9. The minimum Gasteiger partial charge on any atom is -0.497 e. The molecule has 0 aliphatic heterocycles. The van der Waals surface area contributed by atoms with E-state index in [-0.39, 0.29) is 10.7 Å². The van der Waals surface area contributed by atoms with Crippen LogP contribution in [0.25, 0.3) is 22.6 Å². The summed E-state index contributed by atoms with van der Waals surface area (Å²) >= 11 is 0. The molecular formula is C21H20N6O3S. The van der Waals surface area contributed by atoms with E-state index in [9.17, 15) is 8.42 Å². The SMILES string of the molecule is COc1ccc(Cn2nnnc2-c2c(-c3ccc(C)cn3)cccc2S(N)(=O)=O)cc1. The minimum atomic E-state index is -4.05. The molecule has 0 atom stereocenters. The Kier molecular flexibility index (Phi) is 5.49. The molecule has 9 nitrogen and oxygen atoms in total. The van der Waals surface area contributed by atoms with Crippen LogP contribution in [0.2, 0.25) is 0 Å². The number of tetrazole rings is 1. The number of sulfonamides is 1. The number of aryl methyl sites for hydroxylation is 1. The molecular weight excluding hydrogens is 416 g/mol. The fraction of sp³-hybridized carbons (Fsp3) is 0.143. The summed E-state index contributed by atoms with van der Waals surface area (Å²) in [4.78, 5) is 4.38. The first-order valence-corrected chi connectivity index (χ1v) is 10.9. The van der Waals surface area contributed by atoms with E-state index in [4.69, 9.17) is 9.88 Å². The Morgan fingerprint density at radius 2 is 1.84 bits per heavy atom. The summed E-state index contributed by atoms with van der Waals surface area (Å²) < 4.78 is 31.5. The number of aromatic nitrogens is 5. The van der Waals surface area contributed by atoms with Gasteiger partial charge in [-0.2, -0.15) is 0 Å². The highest BCUT2D eigenvalue weighted by Crippen LogP contribution is 2.35. The van der Waals surface area contributed by atoms with E-state index in [0.29, 0.717) is 23.4 Å². The Labute approximate surface area is 179 Å². The molecule has 10 heteroatoms. The minimum absolute atomic E-state index is 0.0712. The molecule has 2 heterocycles. The number of methoxy groups -OCH3 is 1. The molecule has 31 heavy (non-hydrogen) atoms. The van der Waals surface area contributed by atoms with E-state index >= 15 is 0 Å². The van der Waals surface area contributed by atoms with Gasteiger partial charge in [-0.05, 0) is 52.7 Å². The van der Waals surface area contributed by atoms with E-state index in [2.05, 4.69) is 20.5 Å². The number of primary sulfonamides is 1. The van der Waals surface area contributed by atoms with Gasteiger partial charge in [-0.25, -0.2) is 18.2 Å². The highest BCUT2D eigenvalue weighted by molar-refractivity contribution is 7.89. The molecule has 4 aromatic rings. The summed E-state index contributed by atoms with van der Waals surface area (Å²) in [7, 11) is -2.45. The number of ether oxygens (including phenoxy) is 1. The molecule has 0 aliphatic carbocycles. The molecule has 0 saturated heterocycles. The van der Waals surface area contributed by atoms with Crippen LogP contribution in [0, 0.1) is 6.92 Å². The van der Waals surface area contributed by atoms with Gasteiger partial charge in [-0.3, -0.25) is 4.98 Å². The number of pyridine rings is 1. The van der Waals surface area contributed by atoms with Crippen LogP contribution in [0.5, 0.6) is 5.75 Å². The molecule has 2 aromatic heterocycles. The Morgan fingerprint density at radius 1 is 1.06 bits per heavy atom. The average Bonchev–Trinajstić information content (AvgIpc) is 3.21. The molecule has 2 N–H and O–H groups in total. The number of rotatable bonds is 6. The zero-order valence-corrected chi connectivity index (χ0v) is 17.7. The van der Waals surface area contributed by atoms with Crippen molar-refractivity contribution in [2.75, 3.05) is 7.11 Å². The molecule has 0 unspecified atom stereocenters. The van der Waals surface area contributed by atoms with Gasteiger partial charge < -0.3 is 4.74 Å². The Hall–Kier alpha value is -3.63. The maximum absolute atomic E-state index is 12.4. The van der Waals surface area contributed by atoms with E-state index in [1.54, 1.807) is 25.4 Å². The van der Waals surface area contributed by atoms with Crippen molar-refractivity contribution in [2.24, 2.45) is 5.14 Å². The van der Waals surface area contributed by atoms with Crippen LogP contribution < -0.4 is 9.88 Å². The third-order valence-corrected chi connectivity index (χ3v) is 5.72. The second-order valence-corrected chi connectivity index (χ2v) is 8.48. The number of nitrogens with two attached hydrogens (primary N) is 1. The first-order chi connectivity index (χ1) is 14.9. The van der Waals surface area contributed by atoms with Gasteiger partial charge in [0.15, 0.2) is 5.82 Å². The van der Waals surface area contributed by atoms with Crippen LogP contribution in [0.3, 0.4) is 0 Å². The Morgan fingerprint density at radius 3 is 2.48 bits per heavy atom. The molecule has 0 fully saturated rings. The van der Waals surface area contributed by atoms with E-state index in [0.717, 1.165) is 16.9 Å². The summed E-state index contributed by atoms with van der Waals surface area (Å²) in [6.45, 7) is 2.25. The van der Waals surface area contributed by atoms with Crippen molar-refractivity contribution in [1.29, 1.82) is 0 Å². The molecule has 0 amide bonds. The summed E-state index contributed by atoms with van der Waals surface area (Å²) in [6.07, 6.45) is 1.71. The van der Waals surface area contributed by atoms with Crippen molar-refractivity contribution in [3.05, 3.63) is 71.9 Å². The molecule has 0 radical (unpaired) electrons. The molecule has 4 rings (SSSR count). The summed E-state index contributed by atoms with van der Waals surface area (Å²) in [5.74, 6) is 1.01. The number of hydrogen-bond donors (Lipinski definition) is 1. The lowest BCUT2D eigenvalue weighted by atomic mass is 10.0. The van der Waals surface area contributed by atoms with E-state index in [1.807, 2.05) is 43.3 Å². The highest BCUT2D eigenvalue weighted by atomic mass is 32.2. The van der Waals surface area contributed by atoms with Gasteiger partial charge in [0.05, 0.1) is 29.8 Å². The third kappa shape index (κ3) is 4.30. The summed E-state index contributed by atoms with van der Waals surface area (Å²) in [6, 6.07) is 16.0. The maximum Gasteiger partial charge on any atom is 0.238 e. The molecule has 0 bridgehead atoms. The lowest BCUT2D eigenvalue weighted by Gasteiger charge is -2.14. The van der Waals surface area contributed by atoms with Gasteiger partial charge in [-0.1, -0.05) is 30.3 Å². The van der Waals surface area contributed by atoms with Crippen LogP contribution in [0.15, 0.2) is 65.7 Å². The van der Waals surface area contributed by atoms with Crippen molar-refractivity contribution < 1.29 is 13.2 Å². The van der Waals surface area contributed by atoms with Gasteiger partial charge in [0.25, 0.3) is 0 Å². The fourth-order valence-corrected chi connectivity index (χ4v) is 3.99. The maximum atomic E-state index is 12.4. The number of benzene rings is 2. The first-order valence-electron chi connectivity index (χ1n) is 9.35. The van der Waals surface area contributed by atoms with Crippen molar-refractivity contribution in [3.8, 4) is 28.4 Å². The van der Waals surface area contributed by atoms with Crippen molar-refractivity contribution in [3.63, 3.8) is 0 Å². The lowest BCUT2D eigenvalue weighted by molar-refractivity contribution is 0.414. The Bertz CT molecular complexity index is 1320. The quantitative estimate of drug-likeness (QED) is 0.492. The predicted octanol–water partition coefficient (Wildman–Crippen LogP) is 2.41. The number of nitrogens with zero attached hydrogens (tertiary/aromatic N) is 5. The third-order valence-electron chi connectivity index (χ3n) is 4.77. The standard InChI is InChI=1S/C21H20N6O3S/c1-14-6-11-18(23-12-14)17-4-3-5-19(31(22,28)29)20(17)21-24-25-26-27(21)13-15-7-9-16(30-2)10-8-15/h3-12H,13H2,1-2H3,(H2,22,28,29). The Balaban J connectivity index is 1.87. The molecule has 2 aromatic carbocycles. The fourth-order valence-electron chi connectivity index (χ4n) is 3.23. The molecule has 0 aliphatic rings. The van der Waals surface area contributed by atoms with Gasteiger partial charge in [0, 0.05) is 11.8 Å². The van der Waals surface area contributed by atoms with E-state index in [1.165, 1.54) is 10.7 Å². The van der Waals surface area contributed by atoms with Crippen LogP contribution in [0.4, 0.5) is 0 Å². The zero-order chi connectivity index (χ0) is 22.0. The number of hydrogen-bond acceptors (Lipinski definition) is 7. The van der Waals surface area contributed by atoms with Gasteiger partial charge in [0.2, 0.25) is 10.0 Å². The van der Waals surface area contributed by atoms with Crippen molar-refractivity contribution in [1.82, 2.24) is 25.2 Å². The van der Waals surface area contributed by atoms with Gasteiger partial charge in [-0.15, -0.1) is 5.10 Å². The van der Waals surface area contributed by atoms with E-state index < -0.39 is 10.0 Å². The highest BCUT2D eigenvalue weighted by Gasteiger charge is 2.24. The topological polar surface area (TPSA) is 126 Å². The first kappa shape index (κ1) is 20.6. The lowest BCUT2D eigenvalue weighted by Crippen LogP contribution is -2.15. The van der Waals surface area contributed by atoms with Gasteiger partial charge >= 0.3 is 0 Å². The molecule has 0 saturated carbocycles.